The van der Waals surface area contributed by atoms with E-state index in [1.165, 1.54) is 6.07 Å². The fourth-order valence-electron chi connectivity index (χ4n) is 1.82. The van der Waals surface area contributed by atoms with Crippen LogP contribution < -0.4 is 5.73 Å². The summed E-state index contributed by atoms with van der Waals surface area (Å²) < 4.78 is 0. The second kappa shape index (κ2) is 3.86. The first-order valence-electron chi connectivity index (χ1n) is 4.90. The van der Waals surface area contributed by atoms with E-state index in [0.717, 1.165) is 0 Å². The Morgan fingerprint density at radius 2 is 2.19 bits per heavy atom. The molecule has 0 atom stereocenters. The summed E-state index contributed by atoms with van der Waals surface area (Å²) in [5.74, 6) is -0.902. The molecule has 2 rings (SSSR count). The second-order valence-electron chi connectivity index (χ2n) is 3.55. The van der Waals surface area contributed by atoms with Crippen LogP contribution in [0.3, 0.4) is 0 Å². The first kappa shape index (κ1) is 10.5. The van der Waals surface area contributed by atoms with Gasteiger partial charge in [-0.15, -0.1) is 0 Å². The van der Waals surface area contributed by atoms with Crippen molar-refractivity contribution in [1.29, 1.82) is 0 Å². The minimum atomic E-state index is -1.01. The quantitative estimate of drug-likeness (QED) is 0.621. The molecule has 0 saturated carbocycles. The van der Waals surface area contributed by atoms with E-state index in [-0.39, 0.29) is 11.4 Å². The summed E-state index contributed by atoms with van der Waals surface area (Å²) in [5, 5.41) is 19.1. The van der Waals surface area contributed by atoms with Gasteiger partial charge in [0.15, 0.2) is 0 Å². The third-order valence-electron chi connectivity index (χ3n) is 2.50. The number of rotatable bonds is 3. The number of carboxylic acid groups (broad SMARTS) is 1. The molecule has 5 N–H and O–H groups in total. The van der Waals surface area contributed by atoms with Crippen molar-refractivity contribution in [3.63, 3.8) is 0 Å². The molecule has 0 unspecified atom stereocenters. The summed E-state index contributed by atoms with van der Waals surface area (Å²) in [7, 11) is 0. The van der Waals surface area contributed by atoms with Gasteiger partial charge in [-0.05, 0) is 36.7 Å². The van der Waals surface area contributed by atoms with Gasteiger partial charge in [0.05, 0.1) is 0 Å². The standard InChI is InChI=1S/C11H12N2O3/c12-4-3-7-8-5-6(14)1-2-9(8)13-10(7)11(15)16/h1-2,5,13-14H,3-4,12H2,(H,15,16). The molecule has 1 aromatic carbocycles. The molecule has 16 heavy (non-hydrogen) atoms. The van der Waals surface area contributed by atoms with Crippen molar-refractivity contribution >= 4 is 16.9 Å². The first-order valence-corrected chi connectivity index (χ1v) is 4.90. The zero-order valence-corrected chi connectivity index (χ0v) is 8.53. The van der Waals surface area contributed by atoms with Gasteiger partial charge in [-0.3, -0.25) is 0 Å². The number of carboxylic acids is 1. The van der Waals surface area contributed by atoms with Gasteiger partial charge >= 0.3 is 5.97 Å². The molecular weight excluding hydrogens is 208 g/mol. The van der Waals surface area contributed by atoms with E-state index in [0.29, 0.717) is 29.4 Å². The van der Waals surface area contributed by atoms with E-state index in [1.807, 2.05) is 0 Å². The number of phenolic OH excluding ortho intramolecular Hbond substituents is 1. The summed E-state index contributed by atoms with van der Waals surface area (Å²) in [6, 6.07) is 4.71. The first-order chi connectivity index (χ1) is 7.63. The van der Waals surface area contributed by atoms with Crippen LogP contribution in [-0.4, -0.2) is 27.7 Å². The highest BCUT2D eigenvalue weighted by Crippen LogP contribution is 2.26. The zero-order valence-electron chi connectivity index (χ0n) is 8.53. The third-order valence-corrected chi connectivity index (χ3v) is 2.50. The van der Waals surface area contributed by atoms with E-state index < -0.39 is 5.97 Å². The summed E-state index contributed by atoms with van der Waals surface area (Å²) >= 11 is 0. The highest BCUT2D eigenvalue weighted by atomic mass is 16.4. The predicted octanol–water partition coefficient (Wildman–Crippen LogP) is 1.07. The number of hydrogen-bond donors (Lipinski definition) is 4. The normalized spacial score (nSPS) is 10.8. The zero-order chi connectivity index (χ0) is 11.7. The molecule has 0 spiro atoms. The molecule has 2 aromatic rings. The van der Waals surface area contributed by atoms with Crippen molar-refractivity contribution in [3.05, 3.63) is 29.5 Å². The second-order valence-corrected chi connectivity index (χ2v) is 3.55. The van der Waals surface area contributed by atoms with Gasteiger partial charge in [0, 0.05) is 10.9 Å². The smallest absolute Gasteiger partial charge is 0.352 e. The van der Waals surface area contributed by atoms with Crippen LogP contribution in [0.15, 0.2) is 18.2 Å². The fourth-order valence-corrected chi connectivity index (χ4v) is 1.82. The van der Waals surface area contributed by atoms with Gasteiger partial charge in [0.25, 0.3) is 0 Å². The highest BCUT2D eigenvalue weighted by molar-refractivity contribution is 5.97. The molecule has 5 heteroatoms. The minimum absolute atomic E-state index is 0.113. The molecule has 84 valence electrons. The average Bonchev–Trinajstić information content (AvgIpc) is 2.58. The van der Waals surface area contributed by atoms with Gasteiger partial charge in [-0.2, -0.15) is 0 Å². The molecule has 0 saturated heterocycles. The molecule has 0 aliphatic rings. The number of H-pyrrole nitrogens is 1. The lowest BCUT2D eigenvalue weighted by Gasteiger charge is -1.98. The fraction of sp³-hybridized carbons (Fsp3) is 0.182. The maximum Gasteiger partial charge on any atom is 0.352 e. The number of aromatic amines is 1. The Hall–Kier alpha value is -2.01. The highest BCUT2D eigenvalue weighted by Gasteiger charge is 2.16. The van der Waals surface area contributed by atoms with E-state index in [1.54, 1.807) is 12.1 Å². The van der Waals surface area contributed by atoms with E-state index >= 15 is 0 Å². The lowest BCUT2D eigenvalue weighted by molar-refractivity contribution is 0.0690. The number of nitrogens with two attached hydrogens (primary N) is 1. The van der Waals surface area contributed by atoms with Crippen molar-refractivity contribution in [2.45, 2.75) is 6.42 Å². The van der Waals surface area contributed by atoms with Crippen LogP contribution in [-0.2, 0) is 6.42 Å². The maximum absolute atomic E-state index is 11.0. The Labute approximate surface area is 91.5 Å². The largest absolute Gasteiger partial charge is 0.508 e. The molecule has 0 aliphatic carbocycles. The number of aromatic hydroxyl groups is 1. The predicted molar refractivity (Wildman–Crippen MR) is 59.7 cm³/mol. The molecule has 5 nitrogen and oxygen atoms in total. The maximum atomic E-state index is 11.0. The van der Waals surface area contributed by atoms with Crippen molar-refractivity contribution in [3.8, 4) is 5.75 Å². The number of aromatic carboxylic acids is 1. The van der Waals surface area contributed by atoms with Gasteiger partial charge in [0.2, 0.25) is 0 Å². The van der Waals surface area contributed by atoms with E-state index in [2.05, 4.69) is 4.98 Å². The summed E-state index contributed by atoms with van der Waals surface area (Å²) in [6.07, 6.45) is 0.463. The SMILES string of the molecule is NCCc1c(C(=O)O)[nH]c2ccc(O)cc12. The number of fused-ring (bicyclic) bond motifs is 1. The van der Waals surface area contributed by atoms with Gasteiger partial charge in [-0.1, -0.05) is 0 Å². The lowest BCUT2D eigenvalue weighted by Crippen LogP contribution is -2.07. The Bertz CT molecular complexity index is 545. The molecule has 0 aliphatic heterocycles. The summed E-state index contributed by atoms with van der Waals surface area (Å²) in [5.41, 5.74) is 6.93. The lowest BCUT2D eigenvalue weighted by atomic mass is 10.1. The Kier molecular flexibility index (Phi) is 2.54. The van der Waals surface area contributed by atoms with Gasteiger partial charge in [0.1, 0.15) is 11.4 Å². The topological polar surface area (TPSA) is 99.3 Å². The minimum Gasteiger partial charge on any atom is -0.508 e. The van der Waals surface area contributed by atoms with Crippen molar-refractivity contribution < 1.29 is 15.0 Å². The van der Waals surface area contributed by atoms with Crippen LogP contribution in [0.4, 0.5) is 0 Å². The number of hydrogen-bond acceptors (Lipinski definition) is 3. The molecule has 0 fully saturated rings. The third kappa shape index (κ3) is 1.61. The number of benzene rings is 1. The van der Waals surface area contributed by atoms with E-state index in [9.17, 15) is 9.90 Å². The van der Waals surface area contributed by atoms with Gasteiger partial charge < -0.3 is 20.9 Å². The molecule has 1 aromatic heterocycles. The van der Waals surface area contributed by atoms with Gasteiger partial charge in [-0.25, -0.2) is 4.79 Å². The summed E-state index contributed by atoms with van der Waals surface area (Å²) in [6.45, 7) is 0.364. The molecule has 0 radical (unpaired) electrons. The van der Waals surface area contributed by atoms with Crippen LogP contribution in [0.2, 0.25) is 0 Å². The summed E-state index contributed by atoms with van der Waals surface area (Å²) in [4.78, 5) is 13.8. The average molecular weight is 220 g/mol. The van der Waals surface area contributed by atoms with Crippen LogP contribution in [0.5, 0.6) is 5.75 Å². The Balaban J connectivity index is 2.71. The Morgan fingerprint density at radius 3 is 2.81 bits per heavy atom. The van der Waals surface area contributed by atoms with Crippen molar-refractivity contribution in [2.24, 2.45) is 5.73 Å². The Morgan fingerprint density at radius 1 is 1.44 bits per heavy atom. The van der Waals surface area contributed by atoms with Crippen molar-refractivity contribution in [1.82, 2.24) is 4.98 Å². The van der Waals surface area contributed by atoms with Crippen LogP contribution >= 0.6 is 0 Å². The monoisotopic (exact) mass is 220 g/mol. The molecular formula is C11H12N2O3. The number of carbonyl (C=O) groups is 1. The van der Waals surface area contributed by atoms with Crippen molar-refractivity contribution in [2.75, 3.05) is 6.54 Å². The van der Waals surface area contributed by atoms with Crippen LogP contribution in [0.25, 0.3) is 10.9 Å². The van der Waals surface area contributed by atoms with Crippen LogP contribution in [0, 0.1) is 0 Å². The molecule has 1 heterocycles. The van der Waals surface area contributed by atoms with E-state index in [4.69, 9.17) is 10.8 Å². The van der Waals surface area contributed by atoms with Crippen LogP contribution in [0.1, 0.15) is 16.1 Å². The molecule has 0 amide bonds. The molecule has 0 bridgehead atoms. The number of nitrogens with one attached hydrogen (secondary N) is 1. The number of phenols is 1. The number of aromatic nitrogens is 1.